The van der Waals surface area contributed by atoms with E-state index in [0.717, 1.165) is 52.7 Å². The molecule has 2 amide bonds. The summed E-state index contributed by atoms with van der Waals surface area (Å²) in [5.74, 6) is -0.346. The molecule has 2 saturated heterocycles. The van der Waals surface area contributed by atoms with Gasteiger partial charge < -0.3 is 20.1 Å². The van der Waals surface area contributed by atoms with Gasteiger partial charge in [-0.25, -0.2) is 14.8 Å². The molecule has 3 N–H and O–H groups in total. The van der Waals surface area contributed by atoms with Crippen molar-refractivity contribution in [3.8, 4) is 11.1 Å². The molecule has 0 spiro atoms. The van der Waals surface area contributed by atoms with Crippen LogP contribution in [0.25, 0.3) is 21.3 Å². The molecule has 11 heteroatoms. The lowest BCUT2D eigenvalue weighted by atomic mass is 9.62. The molecular formula is C41H39N5O5S. The van der Waals surface area contributed by atoms with Gasteiger partial charge in [-0.15, -0.1) is 0 Å². The van der Waals surface area contributed by atoms with E-state index in [9.17, 15) is 19.5 Å². The molecule has 3 aromatic carbocycles. The second kappa shape index (κ2) is 12.5. The SMILES string of the molecule is Cc1c(-c2ccc(C3CCc4cccc(C(=O)Nc5nc6ccccc6s5)c4N3)nc2C(=O)O)cccc1N(C)C(=O)C12CC3CC(CC(C3)O1)C2. The predicted octanol–water partition coefficient (Wildman–Crippen LogP) is 8.03. The van der Waals surface area contributed by atoms with Gasteiger partial charge in [0.05, 0.1) is 39.3 Å². The number of aromatic nitrogens is 2. The number of pyridine rings is 1. The summed E-state index contributed by atoms with van der Waals surface area (Å²) in [5.41, 5.74) is 5.48. The van der Waals surface area contributed by atoms with Gasteiger partial charge in [0.1, 0.15) is 5.60 Å². The van der Waals surface area contributed by atoms with Gasteiger partial charge in [0.2, 0.25) is 0 Å². The Morgan fingerprint density at radius 1 is 0.942 bits per heavy atom. The summed E-state index contributed by atoms with van der Waals surface area (Å²) in [6, 6.07) is 22.4. The van der Waals surface area contributed by atoms with Crippen molar-refractivity contribution in [1.82, 2.24) is 9.97 Å². The lowest BCUT2D eigenvalue weighted by molar-refractivity contribution is -0.216. The standard InChI is InChI=1S/C41H39N5O5S/c1-22-27(8-6-11-33(22)46(2)39(50)41-20-23-17-24(21-41)19-26(18-23)51-41)28-14-16-31(43-36(28)38(48)49)30-15-13-25-7-5-9-29(35(25)42-30)37(47)45-40-44-32-10-3-4-12-34(32)52-40/h3-12,14,16,23-24,26,30,42H,13,15,17-21H2,1-2H3,(H,48,49)(H,44,45,47). The maximum Gasteiger partial charge on any atom is 0.355 e. The van der Waals surface area contributed by atoms with Crippen LogP contribution in [0.5, 0.6) is 0 Å². The van der Waals surface area contributed by atoms with Crippen LogP contribution < -0.4 is 15.5 Å². The number of carbonyl (C=O) groups is 3. The first-order valence-corrected chi connectivity index (χ1v) is 18.8. The Labute approximate surface area is 305 Å². The molecule has 52 heavy (non-hydrogen) atoms. The van der Waals surface area contributed by atoms with Crippen LogP contribution in [0.3, 0.4) is 0 Å². The summed E-state index contributed by atoms with van der Waals surface area (Å²) < 4.78 is 7.45. The van der Waals surface area contributed by atoms with E-state index < -0.39 is 11.6 Å². The number of ether oxygens (including phenoxy) is 1. The van der Waals surface area contributed by atoms with Crippen LogP contribution in [-0.2, 0) is 16.0 Å². The van der Waals surface area contributed by atoms with Crippen molar-refractivity contribution in [1.29, 1.82) is 0 Å². The molecule has 10 rings (SSSR count). The van der Waals surface area contributed by atoms with Gasteiger partial charge in [0.15, 0.2) is 10.8 Å². The van der Waals surface area contributed by atoms with Crippen LogP contribution in [0.15, 0.2) is 72.8 Å². The first-order chi connectivity index (χ1) is 25.2. The third kappa shape index (κ3) is 5.54. The number of hydrogen-bond acceptors (Lipinski definition) is 8. The van der Waals surface area contributed by atoms with Crippen LogP contribution in [0.4, 0.5) is 16.5 Å². The number of thiazole rings is 1. The van der Waals surface area contributed by atoms with E-state index in [2.05, 4.69) is 15.6 Å². The number of rotatable bonds is 7. The maximum atomic E-state index is 14.1. The van der Waals surface area contributed by atoms with Gasteiger partial charge in [0.25, 0.3) is 11.8 Å². The number of hydrogen-bond donors (Lipinski definition) is 3. The molecule has 264 valence electrons. The Balaban J connectivity index is 0.982. The second-order valence-electron chi connectivity index (χ2n) is 14.8. The zero-order valence-electron chi connectivity index (χ0n) is 29.0. The number of aryl methyl sites for hydroxylation is 1. The second-order valence-corrected chi connectivity index (χ2v) is 15.9. The highest BCUT2D eigenvalue weighted by Crippen LogP contribution is 2.54. The largest absolute Gasteiger partial charge is 0.476 e. The quantitative estimate of drug-likeness (QED) is 0.154. The first kappa shape index (κ1) is 32.8. The van der Waals surface area contributed by atoms with Crippen molar-refractivity contribution in [2.75, 3.05) is 22.6 Å². The highest BCUT2D eigenvalue weighted by atomic mass is 32.1. The summed E-state index contributed by atoms with van der Waals surface area (Å²) >= 11 is 1.42. The molecule has 2 saturated carbocycles. The Kier molecular flexibility index (Phi) is 7.89. The number of amides is 2. The van der Waals surface area contributed by atoms with E-state index >= 15 is 0 Å². The fraction of sp³-hybridized carbons (Fsp3) is 0.341. The molecule has 5 heterocycles. The van der Waals surface area contributed by atoms with Gasteiger partial charge in [-0.1, -0.05) is 53.8 Å². The number of carboxylic acid groups (broad SMARTS) is 1. The number of benzene rings is 3. The molecule has 4 bridgehead atoms. The third-order valence-electron chi connectivity index (χ3n) is 11.5. The monoisotopic (exact) mass is 713 g/mol. The van der Waals surface area contributed by atoms with Gasteiger partial charge in [-0.2, -0.15) is 0 Å². The highest BCUT2D eigenvalue weighted by Gasteiger charge is 2.57. The topological polar surface area (TPSA) is 134 Å². The Morgan fingerprint density at radius 3 is 2.50 bits per heavy atom. The van der Waals surface area contributed by atoms with Crippen molar-refractivity contribution in [3.05, 3.63) is 101 Å². The first-order valence-electron chi connectivity index (χ1n) is 18.0. The molecule has 2 aromatic heterocycles. The van der Waals surface area contributed by atoms with Crippen molar-refractivity contribution in [2.24, 2.45) is 11.8 Å². The summed E-state index contributed by atoms with van der Waals surface area (Å²) in [6.45, 7) is 1.93. The molecule has 4 fully saturated rings. The van der Waals surface area contributed by atoms with Gasteiger partial charge in [-0.05, 0) is 111 Å². The Bertz CT molecular complexity index is 2210. The van der Waals surface area contributed by atoms with E-state index in [0.29, 0.717) is 57.9 Å². The van der Waals surface area contributed by atoms with Crippen molar-refractivity contribution in [3.63, 3.8) is 0 Å². The zero-order valence-corrected chi connectivity index (χ0v) is 29.8. The average molecular weight is 714 g/mol. The molecule has 3 unspecified atom stereocenters. The van der Waals surface area contributed by atoms with E-state index in [1.54, 1.807) is 18.0 Å². The number of anilines is 3. The van der Waals surface area contributed by atoms with Crippen molar-refractivity contribution >= 4 is 55.8 Å². The summed E-state index contributed by atoms with van der Waals surface area (Å²) in [6.07, 6.45) is 6.37. The number of nitrogens with one attached hydrogen (secondary N) is 2. The highest BCUT2D eigenvalue weighted by molar-refractivity contribution is 7.22. The molecule has 5 aliphatic rings. The van der Waals surface area contributed by atoms with Crippen LogP contribution >= 0.6 is 11.3 Å². The van der Waals surface area contributed by atoms with Gasteiger partial charge in [-0.3, -0.25) is 14.9 Å². The van der Waals surface area contributed by atoms with Crippen LogP contribution in [0.2, 0.25) is 0 Å². The number of fused-ring (bicyclic) bond motifs is 2. The van der Waals surface area contributed by atoms with Crippen molar-refractivity contribution < 1.29 is 24.2 Å². The van der Waals surface area contributed by atoms with Crippen molar-refractivity contribution in [2.45, 2.75) is 69.6 Å². The summed E-state index contributed by atoms with van der Waals surface area (Å²) in [7, 11) is 1.80. The van der Waals surface area contributed by atoms with Gasteiger partial charge in [0, 0.05) is 18.3 Å². The maximum absolute atomic E-state index is 14.1. The minimum atomic E-state index is -1.14. The molecular weight excluding hydrogens is 675 g/mol. The summed E-state index contributed by atoms with van der Waals surface area (Å²) in [5, 5.41) is 17.4. The summed E-state index contributed by atoms with van der Waals surface area (Å²) in [4.78, 5) is 51.5. The molecule has 3 atom stereocenters. The van der Waals surface area contributed by atoms with Gasteiger partial charge >= 0.3 is 5.97 Å². The average Bonchev–Trinajstić information content (AvgIpc) is 3.55. The zero-order chi connectivity index (χ0) is 35.7. The number of nitrogens with zero attached hydrogens (tertiary/aromatic N) is 3. The molecule has 2 aliphatic carbocycles. The van der Waals surface area contributed by atoms with Crippen LogP contribution in [-0.4, -0.2) is 51.6 Å². The molecule has 5 aromatic rings. The fourth-order valence-corrected chi connectivity index (χ4v) is 10.2. The lowest BCUT2D eigenvalue weighted by Crippen LogP contribution is -2.62. The van der Waals surface area contributed by atoms with E-state index in [1.807, 2.05) is 73.7 Å². The predicted molar refractivity (Wildman–Crippen MR) is 201 cm³/mol. The Morgan fingerprint density at radius 2 is 1.73 bits per heavy atom. The van der Waals surface area contributed by atoms with E-state index in [1.165, 1.54) is 17.8 Å². The van der Waals surface area contributed by atoms with E-state index in [-0.39, 0.29) is 29.7 Å². The number of carboxylic acids is 1. The number of aromatic carboxylic acids is 1. The lowest BCUT2D eigenvalue weighted by Gasteiger charge is -2.56. The molecule has 3 aliphatic heterocycles. The molecule has 0 radical (unpaired) electrons. The number of carbonyl (C=O) groups excluding carboxylic acids is 2. The van der Waals surface area contributed by atoms with Crippen LogP contribution in [0.1, 0.15) is 82.2 Å². The normalized spacial score (nSPS) is 24.3. The minimum absolute atomic E-state index is 0.0180. The third-order valence-corrected chi connectivity index (χ3v) is 12.5. The fourth-order valence-electron chi connectivity index (χ4n) is 9.36. The van der Waals surface area contributed by atoms with Crippen LogP contribution in [0, 0.1) is 18.8 Å². The minimum Gasteiger partial charge on any atom is -0.476 e. The molecule has 10 nitrogen and oxygen atoms in total. The van der Waals surface area contributed by atoms with E-state index in [4.69, 9.17) is 9.72 Å². The number of para-hydroxylation sites is 2. The smallest absolute Gasteiger partial charge is 0.355 e. The number of likely N-dealkylation sites (N-methyl/N-ethyl adjacent to an activating group) is 1. The Hall–Kier alpha value is -5.13.